The van der Waals surface area contributed by atoms with Crippen LogP contribution in [-0.4, -0.2) is 15.0 Å². The number of halogens is 2. The predicted octanol–water partition coefficient (Wildman–Crippen LogP) is 3.22. The van der Waals surface area contributed by atoms with E-state index in [1.807, 2.05) is 0 Å². The van der Waals surface area contributed by atoms with E-state index in [-0.39, 0.29) is 17.2 Å². The summed E-state index contributed by atoms with van der Waals surface area (Å²) >= 11 is 0. The zero-order chi connectivity index (χ0) is 16.2. The van der Waals surface area contributed by atoms with Crippen LogP contribution in [0.25, 0.3) is 0 Å². The summed E-state index contributed by atoms with van der Waals surface area (Å²) in [6, 6.07) is 6.54. The van der Waals surface area contributed by atoms with E-state index in [9.17, 15) is 8.78 Å². The first-order valence-corrected chi connectivity index (χ1v) is 6.63. The highest BCUT2D eigenvalue weighted by atomic mass is 19.1. The monoisotopic (exact) mass is 314 g/mol. The summed E-state index contributed by atoms with van der Waals surface area (Å²) < 4.78 is 26.9. The first kappa shape index (κ1) is 14.6. The van der Waals surface area contributed by atoms with Gasteiger partial charge in [-0.05, 0) is 24.3 Å². The van der Waals surface area contributed by atoms with Crippen LogP contribution in [0.4, 0.5) is 37.5 Å². The van der Waals surface area contributed by atoms with Gasteiger partial charge in [0.05, 0.1) is 5.69 Å². The molecule has 0 aliphatic heterocycles. The molecule has 0 saturated heterocycles. The number of benzene rings is 1. The van der Waals surface area contributed by atoms with Gasteiger partial charge < -0.3 is 16.4 Å². The zero-order valence-electron chi connectivity index (χ0n) is 11.8. The Balaban J connectivity index is 1.89. The fourth-order valence-electron chi connectivity index (χ4n) is 1.89. The minimum absolute atomic E-state index is 0.0646. The lowest BCUT2D eigenvalue weighted by atomic mass is 10.3. The quantitative estimate of drug-likeness (QED) is 0.685. The third-order valence-electron chi connectivity index (χ3n) is 3.01. The van der Waals surface area contributed by atoms with Gasteiger partial charge in [-0.25, -0.2) is 18.7 Å². The molecule has 0 bridgehead atoms. The Labute approximate surface area is 130 Å². The van der Waals surface area contributed by atoms with Gasteiger partial charge in [-0.2, -0.15) is 0 Å². The molecule has 2 aromatic heterocycles. The normalized spacial score (nSPS) is 10.3. The van der Waals surface area contributed by atoms with E-state index in [1.165, 1.54) is 6.33 Å². The maximum Gasteiger partial charge on any atom is 0.159 e. The van der Waals surface area contributed by atoms with Crippen LogP contribution in [0.5, 0.6) is 0 Å². The second kappa shape index (κ2) is 6.22. The number of anilines is 5. The molecular weight excluding hydrogens is 302 g/mol. The third-order valence-corrected chi connectivity index (χ3v) is 3.01. The van der Waals surface area contributed by atoms with Crippen molar-refractivity contribution in [3.63, 3.8) is 0 Å². The fourth-order valence-corrected chi connectivity index (χ4v) is 1.89. The smallest absolute Gasteiger partial charge is 0.159 e. The molecule has 2 heterocycles. The molecule has 3 rings (SSSR count). The number of hydrogen-bond donors (Lipinski definition) is 3. The fraction of sp³-hybridized carbons (Fsp3) is 0. The molecule has 1 aromatic carbocycles. The number of nitrogen functional groups attached to an aromatic ring is 1. The second-order valence-electron chi connectivity index (χ2n) is 4.59. The molecule has 0 aliphatic rings. The van der Waals surface area contributed by atoms with Crippen LogP contribution in [0.2, 0.25) is 0 Å². The summed E-state index contributed by atoms with van der Waals surface area (Å²) in [5, 5.41) is 5.66. The predicted molar refractivity (Wildman–Crippen MR) is 83.6 cm³/mol. The van der Waals surface area contributed by atoms with E-state index in [0.29, 0.717) is 5.82 Å². The zero-order valence-corrected chi connectivity index (χ0v) is 11.8. The van der Waals surface area contributed by atoms with Crippen molar-refractivity contribution in [2.45, 2.75) is 0 Å². The lowest BCUT2D eigenvalue weighted by Gasteiger charge is -2.13. The maximum atomic E-state index is 13.7. The Morgan fingerprint density at radius 2 is 1.61 bits per heavy atom. The molecule has 0 unspecified atom stereocenters. The first-order valence-electron chi connectivity index (χ1n) is 6.63. The highest BCUT2D eigenvalue weighted by Gasteiger charge is 2.11. The van der Waals surface area contributed by atoms with Crippen molar-refractivity contribution in [3.05, 3.63) is 60.7 Å². The molecule has 3 aromatic rings. The molecule has 4 N–H and O–H groups in total. The minimum atomic E-state index is -0.618. The SMILES string of the molecule is Nc1c(Nc2ccncc2)ncnc1Nc1cc(F)ccc1F. The molecule has 0 saturated carbocycles. The highest BCUT2D eigenvalue weighted by molar-refractivity contribution is 5.80. The van der Waals surface area contributed by atoms with Crippen molar-refractivity contribution in [1.29, 1.82) is 0 Å². The van der Waals surface area contributed by atoms with Gasteiger partial charge in [-0.15, -0.1) is 0 Å². The molecule has 0 amide bonds. The molecule has 23 heavy (non-hydrogen) atoms. The average Bonchev–Trinajstić information content (AvgIpc) is 2.55. The number of nitrogens with two attached hydrogens (primary N) is 1. The standard InChI is InChI=1S/C15H12F2N6/c16-9-1-2-11(17)12(7-9)23-15-13(18)14(20-8-21-15)22-10-3-5-19-6-4-10/h1-8H,18H2,(H2,19,20,21,22,23). The van der Waals surface area contributed by atoms with Gasteiger partial charge >= 0.3 is 0 Å². The number of nitrogens with one attached hydrogen (secondary N) is 2. The molecule has 0 fully saturated rings. The number of hydrogen-bond acceptors (Lipinski definition) is 6. The van der Waals surface area contributed by atoms with Gasteiger partial charge in [-0.1, -0.05) is 0 Å². The number of nitrogens with zero attached hydrogens (tertiary/aromatic N) is 3. The average molecular weight is 314 g/mol. The summed E-state index contributed by atoms with van der Waals surface area (Å²) in [7, 11) is 0. The molecule has 0 spiro atoms. The van der Waals surface area contributed by atoms with Crippen LogP contribution in [0.3, 0.4) is 0 Å². The van der Waals surface area contributed by atoms with Gasteiger partial charge in [0.25, 0.3) is 0 Å². The van der Waals surface area contributed by atoms with E-state index in [2.05, 4.69) is 25.6 Å². The van der Waals surface area contributed by atoms with Crippen molar-refractivity contribution in [1.82, 2.24) is 15.0 Å². The maximum absolute atomic E-state index is 13.7. The van der Waals surface area contributed by atoms with Crippen LogP contribution >= 0.6 is 0 Å². The summed E-state index contributed by atoms with van der Waals surface area (Å²) in [4.78, 5) is 11.9. The largest absolute Gasteiger partial charge is 0.393 e. The van der Waals surface area contributed by atoms with Crippen molar-refractivity contribution < 1.29 is 8.78 Å². The number of pyridine rings is 1. The first-order chi connectivity index (χ1) is 11.1. The molecule has 0 aliphatic carbocycles. The summed E-state index contributed by atoms with van der Waals surface area (Å²) in [6.07, 6.45) is 4.49. The van der Waals surface area contributed by atoms with Gasteiger partial charge in [0.1, 0.15) is 23.6 Å². The minimum Gasteiger partial charge on any atom is -0.393 e. The summed E-state index contributed by atoms with van der Waals surface area (Å²) in [5.41, 5.74) is 6.82. The van der Waals surface area contributed by atoms with Crippen molar-refractivity contribution in [3.8, 4) is 0 Å². The van der Waals surface area contributed by atoms with Crippen LogP contribution in [-0.2, 0) is 0 Å². The van der Waals surface area contributed by atoms with E-state index in [0.717, 1.165) is 23.9 Å². The lowest BCUT2D eigenvalue weighted by Crippen LogP contribution is -2.06. The number of rotatable bonds is 4. The van der Waals surface area contributed by atoms with Crippen molar-refractivity contribution in [2.75, 3.05) is 16.4 Å². The van der Waals surface area contributed by atoms with E-state index in [1.54, 1.807) is 24.5 Å². The molecule has 0 radical (unpaired) electrons. The van der Waals surface area contributed by atoms with E-state index < -0.39 is 11.6 Å². The molecule has 6 nitrogen and oxygen atoms in total. The van der Waals surface area contributed by atoms with E-state index >= 15 is 0 Å². The van der Waals surface area contributed by atoms with Crippen molar-refractivity contribution >= 4 is 28.7 Å². The molecule has 8 heteroatoms. The third kappa shape index (κ3) is 3.31. The van der Waals surface area contributed by atoms with E-state index in [4.69, 9.17) is 5.73 Å². The Morgan fingerprint density at radius 1 is 0.913 bits per heavy atom. The van der Waals surface area contributed by atoms with Gasteiger partial charge in [0.2, 0.25) is 0 Å². The van der Waals surface area contributed by atoms with Gasteiger partial charge in [0, 0.05) is 24.1 Å². The Bertz CT molecular complexity index is 825. The summed E-state index contributed by atoms with van der Waals surface area (Å²) in [6.45, 7) is 0. The van der Waals surface area contributed by atoms with Gasteiger partial charge in [0.15, 0.2) is 11.6 Å². The van der Waals surface area contributed by atoms with Gasteiger partial charge in [-0.3, -0.25) is 4.98 Å². The lowest BCUT2D eigenvalue weighted by molar-refractivity contribution is 0.603. The second-order valence-corrected chi connectivity index (χ2v) is 4.59. The number of aromatic nitrogens is 3. The molecule has 116 valence electrons. The Morgan fingerprint density at radius 3 is 2.35 bits per heavy atom. The Hall–Kier alpha value is -3.29. The van der Waals surface area contributed by atoms with Crippen LogP contribution in [0, 0.1) is 11.6 Å². The molecular formula is C15H12F2N6. The van der Waals surface area contributed by atoms with Crippen molar-refractivity contribution in [2.24, 2.45) is 0 Å². The van der Waals surface area contributed by atoms with Crippen LogP contribution < -0.4 is 16.4 Å². The Kier molecular flexibility index (Phi) is 3.96. The topological polar surface area (TPSA) is 88.8 Å². The van der Waals surface area contributed by atoms with Crippen LogP contribution in [0.1, 0.15) is 0 Å². The highest BCUT2D eigenvalue weighted by Crippen LogP contribution is 2.29. The summed E-state index contributed by atoms with van der Waals surface area (Å²) in [5.74, 6) is -0.684. The molecule has 0 atom stereocenters. The van der Waals surface area contributed by atoms with Crippen LogP contribution in [0.15, 0.2) is 49.1 Å².